The molecule has 0 fully saturated rings. The molecular weight excluding hydrogens is 419 g/mol. The maximum atomic E-state index is 12.1. The molecule has 1 heterocycles. The van der Waals surface area contributed by atoms with E-state index < -0.39 is 0 Å². The van der Waals surface area contributed by atoms with Crippen LogP contribution in [0.5, 0.6) is 0 Å². The molecule has 7 heteroatoms. The molecule has 1 amide bonds. The van der Waals surface area contributed by atoms with Crippen LogP contribution in [0.25, 0.3) is 0 Å². The Balaban J connectivity index is 2.25. The minimum atomic E-state index is -0.317. The van der Waals surface area contributed by atoms with Crippen LogP contribution in [0.3, 0.4) is 0 Å². The molecule has 0 saturated heterocycles. The molecule has 0 aliphatic heterocycles. The van der Waals surface area contributed by atoms with Gasteiger partial charge < -0.3 is 5.32 Å². The quantitative estimate of drug-likeness (QED) is 0.676. The molecule has 0 radical (unpaired) electrons. The summed E-state index contributed by atoms with van der Waals surface area (Å²) in [5.41, 5.74) is 0.902. The third kappa shape index (κ3) is 3.69. The van der Waals surface area contributed by atoms with Gasteiger partial charge in [0.2, 0.25) is 0 Å². The summed E-state index contributed by atoms with van der Waals surface area (Å²) >= 11 is 18.3. The van der Waals surface area contributed by atoms with Gasteiger partial charge in [-0.05, 0) is 40.2 Å². The molecule has 0 saturated carbocycles. The van der Waals surface area contributed by atoms with Crippen LogP contribution in [-0.4, -0.2) is 10.9 Å². The first kappa shape index (κ1) is 14.8. The highest BCUT2D eigenvalue weighted by Gasteiger charge is 2.12. The van der Waals surface area contributed by atoms with Gasteiger partial charge in [-0.2, -0.15) is 0 Å². The predicted molar refractivity (Wildman–Crippen MR) is 84.1 cm³/mol. The van der Waals surface area contributed by atoms with E-state index in [1.807, 2.05) is 0 Å². The van der Waals surface area contributed by atoms with Crippen molar-refractivity contribution in [1.29, 1.82) is 0 Å². The topological polar surface area (TPSA) is 42.0 Å². The molecule has 2 rings (SSSR count). The highest BCUT2D eigenvalue weighted by atomic mass is 79.9. The Morgan fingerprint density at radius 3 is 2.63 bits per heavy atom. The molecule has 0 unspecified atom stereocenters. The number of amides is 1. The number of rotatable bonds is 2. The lowest BCUT2D eigenvalue weighted by atomic mass is 10.2. The molecule has 0 bridgehead atoms. The summed E-state index contributed by atoms with van der Waals surface area (Å²) in [6, 6.07) is 6.73. The van der Waals surface area contributed by atoms with Crippen molar-refractivity contribution in [3.05, 3.63) is 55.1 Å². The Bertz CT molecular complexity index is 650. The second-order valence-electron chi connectivity index (χ2n) is 3.57. The first-order valence-electron chi connectivity index (χ1n) is 5.05. The number of pyridine rings is 1. The predicted octanol–water partition coefficient (Wildman–Crippen LogP) is 5.17. The summed E-state index contributed by atoms with van der Waals surface area (Å²) in [7, 11) is 0. The van der Waals surface area contributed by atoms with Gasteiger partial charge in [0.15, 0.2) is 0 Å². The molecule has 2 aromatic rings. The van der Waals surface area contributed by atoms with Crippen molar-refractivity contribution in [1.82, 2.24) is 4.98 Å². The van der Waals surface area contributed by atoms with E-state index in [0.717, 1.165) is 4.47 Å². The van der Waals surface area contributed by atoms with Gasteiger partial charge in [0.25, 0.3) is 5.91 Å². The first-order valence-corrected chi connectivity index (χ1v) is 7.39. The van der Waals surface area contributed by atoms with Gasteiger partial charge in [-0.3, -0.25) is 4.79 Å². The molecule has 0 aliphatic rings. The number of benzene rings is 1. The number of halogens is 4. The third-order valence-electron chi connectivity index (χ3n) is 2.23. The minimum Gasteiger partial charge on any atom is -0.321 e. The van der Waals surface area contributed by atoms with Gasteiger partial charge >= 0.3 is 0 Å². The highest BCUT2D eigenvalue weighted by Crippen LogP contribution is 2.25. The summed E-state index contributed by atoms with van der Waals surface area (Å²) < 4.78 is 1.38. The molecule has 1 N–H and O–H groups in total. The van der Waals surface area contributed by atoms with Crippen LogP contribution >= 0.6 is 55.1 Å². The third-order valence-corrected chi connectivity index (χ3v) is 4.18. The van der Waals surface area contributed by atoms with Crippen LogP contribution in [0, 0.1) is 0 Å². The Hall–Kier alpha value is -0.620. The molecule has 0 aliphatic carbocycles. The number of aromatic nitrogens is 1. The van der Waals surface area contributed by atoms with E-state index in [4.69, 9.17) is 23.2 Å². The summed E-state index contributed by atoms with van der Waals surface area (Å²) in [4.78, 5) is 16.0. The Morgan fingerprint density at radius 2 is 1.95 bits per heavy atom. The Kier molecular flexibility index (Phi) is 4.84. The van der Waals surface area contributed by atoms with E-state index in [2.05, 4.69) is 42.2 Å². The maximum absolute atomic E-state index is 12.1. The minimum absolute atomic E-state index is 0.317. The molecule has 1 aromatic heterocycles. The molecular formula is C12H6Br2Cl2N2O. The molecule has 98 valence electrons. The van der Waals surface area contributed by atoms with Crippen molar-refractivity contribution < 1.29 is 4.79 Å². The monoisotopic (exact) mass is 422 g/mol. The molecule has 1 aromatic carbocycles. The van der Waals surface area contributed by atoms with E-state index in [0.29, 0.717) is 25.9 Å². The number of nitrogens with one attached hydrogen (secondary N) is 1. The average Bonchev–Trinajstić information content (AvgIpc) is 2.36. The molecule has 19 heavy (non-hydrogen) atoms. The highest BCUT2D eigenvalue weighted by molar-refractivity contribution is 9.10. The zero-order valence-corrected chi connectivity index (χ0v) is 13.9. The van der Waals surface area contributed by atoms with E-state index in [1.54, 1.807) is 24.3 Å². The fraction of sp³-hybridized carbons (Fsp3) is 0. The fourth-order valence-electron chi connectivity index (χ4n) is 1.36. The summed E-state index contributed by atoms with van der Waals surface area (Å²) in [5.74, 6) is -0.317. The Labute approximate surface area is 136 Å². The number of nitrogens with zero attached hydrogens (tertiary/aromatic N) is 1. The average molecular weight is 425 g/mol. The zero-order valence-electron chi connectivity index (χ0n) is 9.25. The van der Waals surface area contributed by atoms with E-state index in [-0.39, 0.29) is 5.91 Å². The van der Waals surface area contributed by atoms with Gasteiger partial charge in [-0.25, -0.2) is 4.98 Å². The fourth-order valence-corrected chi connectivity index (χ4v) is 2.38. The van der Waals surface area contributed by atoms with Gasteiger partial charge in [-0.1, -0.05) is 39.1 Å². The molecule has 0 spiro atoms. The summed E-state index contributed by atoms with van der Waals surface area (Å²) in [5, 5.41) is 3.41. The first-order chi connectivity index (χ1) is 8.97. The number of hydrogen-bond donors (Lipinski definition) is 1. The van der Waals surface area contributed by atoms with E-state index in [9.17, 15) is 4.79 Å². The molecule has 3 nitrogen and oxygen atoms in total. The normalized spacial score (nSPS) is 10.3. The number of anilines is 1. The standard InChI is InChI=1S/C12H6Br2Cl2N2O/c13-6-1-2-10(15)8(3-6)12(19)18-7-4-9(14)11(16)17-5-7/h1-5H,(H,18,19). The number of carbonyl (C=O) groups excluding carboxylic acids is 1. The van der Waals surface area contributed by atoms with Crippen molar-refractivity contribution in [3.63, 3.8) is 0 Å². The zero-order chi connectivity index (χ0) is 14.0. The van der Waals surface area contributed by atoms with Gasteiger partial charge in [0.1, 0.15) is 5.15 Å². The van der Waals surface area contributed by atoms with Gasteiger partial charge in [0, 0.05) is 4.47 Å². The van der Waals surface area contributed by atoms with E-state index >= 15 is 0 Å². The smallest absolute Gasteiger partial charge is 0.257 e. The Morgan fingerprint density at radius 1 is 1.21 bits per heavy atom. The van der Waals surface area contributed by atoms with Crippen molar-refractivity contribution in [3.8, 4) is 0 Å². The van der Waals surface area contributed by atoms with Crippen LogP contribution in [0.15, 0.2) is 39.4 Å². The second-order valence-corrected chi connectivity index (χ2v) is 6.11. The lowest BCUT2D eigenvalue weighted by molar-refractivity contribution is 0.102. The van der Waals surface area contributed by atoms with Gasteiger partial charge in [-0.15, -0.1) is 0 Å². The summed E-state index contributed by atoms with van der Waals surface area (Å²) in [6.07, 6.45) is 1.47. The lowest BCUT2D eigenvalue weighted by Crippen LogP contribution is -2.12. The largest absolute Gasteiger partial charge is 0.321 e. The van der Waals surface area contributed by atoms with Crippen LogP contribution in [0.2, 0.25) is 10.2 Å². The molecule has 0 atom stereocenters. The van der Waals surface area contributed by atoms with Crippen LogP contribution in [-0.2, 0) is 0 Å². The van der Waals surface area contributed by atoms with E-state index in [1.165, 1.54) is 6.20 Å². The lowest BCUT2D eigenvalue weighted by Gasteiger charge is -2.07. The SMILES string of the molecule is O=C(Nc1cnc(Cl)c(Br)c1)c1cc(Br)ccc1Cl. The van der Waals surface area contributed by atoms with Crippen molar-refractivity contribution in [2.45, 2.75) is 0 Å². The summed E-state index contributed by atoms with van der Waals surface area (Å²) in [6.45, 7) is 0. The van der Waals surface area contributed by atoms with Crippen molar-refractivity contribution >= 4 is 66.7 Å². The number of hydrogen-bond acceptors (Lipinski definition) is 2. The van der Waals surface area contributed by atoms with Crippen LogP contribution < -0.4 is 5.32 Å². The van der Waals surface area contributed by atoms with Gasteiger partial charge in [0.05, 0.1) is 26.9 Å². The maximum Gasteiger partial charge on any atom is 0.257 e. The second kappa shape index (κ2) is 6.22. The van der Waals surface area contributed by atoms with Crippen molar-refractivity contribution in [2.24, 2.45) is 0 Å². The van der Waals surface area contributed by atoms with Crippen molar-refractivity contribution in [2.75, 3.05) is 5.32 Å². The van der Waals surface area contributed by atoms with Crippen LogP contribution in [0.1, 0.15) is 10.4 Å². The van der Waals surface area contributed by atoms with Crippen LogP contribution in [0.4, 0.5) is 5.69 Å². The number of carbonyl (C=O) groups is 1.